The van der Waals surface area contributed by atoms with E-state index in [-0.39, 0.29) is 11.9 Å². The van der Waals surface area contributed by atoms with Gasteiger partial charge in [0.2, 0.25) is 11.9 Å². The highest BCUT2D eigenvalue weighted by Gasteiger charge is 1.99. The van der Waals surface area contributed by atoms with Crippen molar-refractivity contribution in [3.63, 3.8) is 0 Å². The van der Waals surface area contributed by atoms with Crippen molar-refractivity contribution in [2.75, 3.05) is 11.5 Å². The second-order valence-electron chi connectivity index (χ2n) is 5.13. The lowest BCUT2D eigenvalue weighted by Crippen LogP contribution is -1.97. The zero-order chi connectivity index (χ0) is 18.2. The Morgan fingerprint density at radius 3 is 1.73 bits per heavy atom. The van der Waals surface area contributed by atoms with Crippen molar-refractivity contribution in [2.24, 2.45) is 0 Å². The average Bonchev–Trinajstić information content (AvgIpc) is 2.70. The molecule has 0 aliphatic rings. The zero-order valence-corrected chi connectivity index (χ0v) is 13.8. The fraction of sp³-hybridized carbons (Fsp3) is 0. The Hall–Kier alpha value is -3.94. The van der Waals surface area contributed by atoms with Gasteiger partial charge in [-0.1, -0.05) is 60.7 Å². The highest BCUT2D eigenvalue weighted by molar-refractivity contribution is 5.58. The van der Waals surface area contributed by atoms with Gasteiger partial charge in [0.25, 0.3) is 0 Å². The lowest BCUT2D eigenvalue weighted by Gasteiger charge is -1.98. The van der Waals surface area contributed by atoms with Gasteiger partial charge < -0.3 is 11.5 Å². The third-order valence-electron chi connectivity index (χ3n) is 3.29. The first-order chi connectivity index (χ1) is 12.7. The molecule has 0 unspecified atom stereocenters. The molecule has 26 heavy (non-hydrogen) atoms. The minimum absolute atomic E-state index is 0.194. The maximum absolute atomic E-state index is 5.41. The molecule has 8 heteroatoms. The fourth-order valence-electron chi connectivity index (χ4n) is 2.09. The van der Waals surface area contributed by atoms with Crippen LogP contribution in [-0.4, -0.2) is 30.4 Å². The van der Waals surface area contributed by atoms with Crippen LogP contribution in [0.5, 0.6) is 0 Å². The van der Waals surface area contributed by atoms with Gasteiger partial charge in [-0.2, -0.15) is 5.10 Å². The van der Waals surface area contributed by atoms with Crippen molar-refractivity contribution < 1.29 is 0 Å². The number of nitrogen functional groups attached to an aromatic ring is 2. The van der Waals surface area contributed by atoms with E-state index >= 15 is 0 Å². The predicted molar refractivity (Wildman–Crippen MR) is 99.4 cm³/mol. The maximum Gasteiger partial charge on any atom is 0.240 e. The minimum Gasteiger partial charge on any atom is -0.366 e. The van der Waals surface area contributed by atoms with Crippen LogP contribution in [-0.2, 0) is 0 Å². The van der Waals surface area contributed by atoms with E-state index < -0.39 is 0 Å². The standard InChI is InChI=1S/2C9H8N4/c10-9-12-8(6-11-13-9)7-4-2-1-3-5-7;10-9-11-6-8(12-13-9)7-4-2-1-3-5-7/h1-6H,(H2,10,12,13);1-6H,(H2,10,11,13). The number of nitrogens with two attached hydrogens (primary N) is 2. The van der Waals surface area contributed by atoms with E-state index in [1.54, 1.807) is 12.4 Å². The molecule has 0 aliphatic heterocycles. The van der Waals surface area contributed by atoms with E-state index in [4.69, 9.17) is 11.5 Å². The molecule has 0 aliphatic carbocycles. The summed E-state index contributed by atoms with van der Waals surface area (Å²) in [6.07, 6.45) is 3.20. The molecule has 4 N–H and O–H groups in total. The van der Waals surface area contributed by atoms with Crippen molar-refractivity contribution >= 4 is 11.9 Å². The Balaban J connectivity index is 0.000000151. The SMILES string of the molecule is Nc1ncc(-c2ccccc2)nn1.Nc1nncc(-c2ccccc2)n1. The molecule has 4 rings (SSSR count). The number of anilines is 2. The summed E-state index contributed by atoms with van der Waals surface area (Å²) < 4.78 is 0. The van der Waals surface area contributed by atoms with E-state index in [0.717, 1.165) is 22.5 Å². The summed E-state index contributed by atoms with van der Waals surface area (Å²) in [7, 11) is 0. The summed E-state index contributed by atoms with van der Waals surface area (Å²) in [4.78, 5) is 7.91. The zero-order valence-electron chi connectivity index (χ0n) is 13.8. The normalized spacial score (nSPS) is 9.85. The van der Waals surface area contributed by atoms with Gasteiger partial charge in [-0.05, 0) is 0 Å². The van der Waals surface area contributed by atoms with Crippen LogP contribution < -0.4 is 11.5 Å². The number of hydrogen-bond donors (Lipinski definition) is 2. The second-order valence-corrected chi connectivity index (χ2v) is 5.13. The molecular formula is C18H16N8. The van der Waals surface area contributed by atoms with Crippen molar-refractivity contribution in [1.82, 2.24) is 30.4 Å². The molecule has 128 valence electrons. The van der Waals surface area contributed by atoms with Crippen molar-refractivity contribution in [1.29, 1.82) is 0 Å². The van der Waals surface area contributed by atoms with Gasteiger partial charge in [-0.15, -0.1) is 15.3 Å². The van der Waals surface area contributed by atoms with Gasteiger partial charge in [0.05, 0.1) is 18.1 Å². The molecule has 0 bridgehead atoms. The van der Waals surface area contributed by atoms with E-state index in [0.29, 0.717) is 0 Å². The van der Waals surface area contributed by atoms with Gasteiger partial charge in [-0.25, -0.2) is 9.97 Å². The van der Waals surface area contributed by atoms with Gasteiger partial charge in [-0.3, -0.25) is 0 Å². The monoisotopic (exact) mass is 344 g/mol. The molecule has 0 atom stereocenters. The number of aromatic nitrogens is 6. The lowest BCUT2D eigenvalue weighted by atomic mass is 10.2. The van der Waals surface area contributed by atoms with Gasteiger partial charge in [0.15, 0.2) is 0 Å². The molecule has 2 aromatic carbocycles. The Labute approximate surface area is 150 Å². The van der Waals surface area contributed by atoms with Crippen LogP contribution in [0.15, 0.2) is 73.1 Å². The molecule has 0 saturated heterocycles. The molecular weight excluding hydrogens is 328 g/mol. The fourth-order valence-corrected chi connectivity index (χ4v) is 2.09. The van der Waals surface area contributed by atoms with Crippen LogP contribution in [0.3, 0.4) is 0 Å². The number of rotatable bonds is 2. The first kappa shape index (κ1) is 16.9. The molecule has 0 radical (unpaired) electrons. The Morgan fingerprint density at radius 2 is 1.19 bits per heavy atom. The quantitative estimate of drug-likeness (QED) is 0.566. The summed E-state index contributed by atoms with van der Waals surface area (Å²) in [5, 5.41) is 14.9. The van der Waals surface area contributed by atoms with Crippen LogP contribution in [0.25, 0.3) is 22.5 Å². The Bertz CT molecular complexity index is 943. The second kappa shape index (κ2) is 8.25. The van der Waals surface area contributed by atoms with Crippen molar-refractivity contribution in [3.8, 4) is 22.5 Å². The topological polar surface area (TPSA) is 129 Å². The summed E-state index contributed by atoms with van der Waals surface area (Å²) in [6, 6.07) is 19.4. The number of hydrogen-bond acceptors (Lipinski definition) is 8. The van der Waals surface area contributed by atoms with Gasteiger partial charge >= 0.3 is 0 Å². The third-order valence-corrected chi connectivity index (χ3v) is 3.29. The molecule has 4 aromatic rings. The van der Waals surface area contributed by atoms with Crippen LogP contribution in [0.4, 0.5) is 11.9 Å². The number of benzene rings is 2. The minimum atomic E-state index is 0.194. The average molecular weight is 344 g/mol. The van der Waals surface area contributed by atoms with Crippen molar-refractivity contribution in [2.45, 2.75) is 0 Å². The summed E-state index contributed by atoms with van der Waals surface area (Å²) >= 11 is 0. The first-order valence-corrected chi connectivity index (χ1v) is 7.73. The molecule has 0 spiro atoms. The van der Waals surface area contributed by atoms with Crippen LogP contribution in [0.1, 0.15) is 0 Å². The van der Waals surface area contributed by atoms with Gasteiger partial charge in [0.1, 0.15) is 5.69 Å². The summed E-state index contributed by atoms with van der Waals surface area (Å²) in [5.41, 5.74) is 14.2. The van der Waals surface area contributed by atoms with E-state index in [2.05, 4.69) is 30.4 Å². The summed E-state index contributed by atoms with van der Waals surface area (Å²) in [6.45, 7) is 0. The van der Waals surface area contributed by atoms with Crippen LogP contribution in [0.2, 0.25) is 0 Å². The van der Waals surface area contributed by atoms with E-state index in [1.807, 2.05) is 60.7 Å². The third kappa shape index (κ3) is 4.54. The number of nitrogens with zero attached hydrogens (tertiary/aromatic N) is 6. The Kier molecular flexibility index (Phi) is 5.36. The highest BCUT2D eigenvalue weighted by Crippen LogP contribution is 2.15. The summed E-state index contributed by atoms with van der Waals surface area (Å²) in [5.74, 6) is 0.390. The molecule has 0 saturated carbocycles. The van der Waals surface area contributed by atoms with Gasteiger partial charge in [0, 0.05) is 11.1 Å². The maximum atomic E-state index is 5.41. The van der Waals surface area contributed by atoms with E-state index in [9.17, 15) is 0 Å². The predicted octanol–water partition coefficient (Wildman–Crippen LogP) is 2.24. The molecule has 0 fully saturated rings. The van der Waals surface area contributed by atoms with Crippen LogP contribution in [0, 0.1) is 0 Å². The molecule has 2 heterocycles. The van der Waals surface area contributed by atoms with Crippen LogP contribution >= 0.6 is 0 Å². The highest BCUT2D eigenvalue weighted by atomic mass is 15.2. The van der Waals surface area contributed by atoms with Crippen molar-refractivity contribution in [3.05, 3.63) is 73.1 Å². The lowest BCUT2D eigenvalue weighted by molar-refractivity contribution is 0.990. The molecule has 2 aromatic heterocycles. The molecule has 8 nitrogen and oxygen atoms in total. The van der Waals surface area contributed by atoms with E-state index in [1.165, 1.54) is 0 Å². The Morgan fingerprint density at radius 1 is 0.577 bits per heavy atom. The smallest absolute Gasteiger partial charge is 0.240 e. The largest absolute Gasteiger partial charge is 0.366 e. The first-order valence-electron chi connectivity index (χ1n) is 7.73. The molecule has 0 amide bonds.